The molecular formula is C19H20N2OS. The van der Waals surface area contributed by atoms with Gasteiger partial charge in [0.15, 0.2) is 0 Å². The van der Waals surface area contributed by atoms with E-state index in [1.165, 1.54) is 4.70 Å². The van der Waals surface area contributed by atoms with Gasteiger partial charge < -0.3 is 4.90 Å². The van der Waals surface area contributed by atoms with Gasteiger partial charge in [-0.2, -0.15) is 0 Å². The Kier molecular flexibility index (Phi) is 5.03. The zero-order valence-corrected chi connectivity index (χ0v) is 14.1. The molecule has 1 aromatic heterocycles. The van der Waals surface area contributed by atoms with Crippen LogP contribution in [0.1, 0.15) is 23.4 Å². The zero-order valence-electron chi connectivity index (χ0n) is 13.2. The van der Waals surface area contributed by atoms with Crippen molar-refractivity contribution < 1.29 is 4.79 Å². The molecule has 0 saturated heterocycles. The summed E-state index contributed by atoms with van der Waals surface area (Å²) in [5.74, 6) is 0.190. The molecule has 3 nitrogen and oxygen atoms in total. The Hall–Kier alpha value is -2.20. The highest BCUT2D eigenvalue weighted by Gasteiger charge is 2.10. The second kappa shape index (κ2) is 7.38. The van der Waals surface area contributed by atoms with Crippen LogP contribution in [0, 0.1) is 0 Å². The van der Waals surface area contributed by atoms with Crippen molar-refractivity contribution in [1.82, 2.24) is 9.88 Å². The van der Waals surface area contributed by atoms with Crippen molar-refractivity contribution in [1.29, 1.82) is 0 Å². The number of nitrogens with zero attached hydrogens (tertiary/aromatic N) is 2. The highest BCUT2D eigenvalue weighted by Crippen LogP contribution is 2.22. The average Bonchev–Trinajstić information content (AvgIpc) is 2.98. The molecule has 0 aliphatic rings. The number of carbonyl (C=O) groups is 1. The molecule has 0 spiro atoms. The number of amides is 1. The third kappa shape index (κ3) is 4.17. The van der Waals surface area contributed by atoms with Gasteiger partial charge in [-0.05, 0) is 30.5 Å². The highest BCUT2D eigenvalue weighted by atomic mass is 32.1. The molecule has 0 unspecified atom stereocenters. The molecule has 3 rings (SSSR count). The molecule has 0 aliphatic carbocycles. The van der Waals surface area contributed by atoms with Gasteiger partial charge >= 0.3 is 0 Å². The summed E-state index contributed by atoms with van der Waals surface area (Å²) in [7, 11) is 1.87. The maximum absolute atomic E-state index is 12.2. The molecule has 0 bridgehead atoms. The van der Waals surface area contributed by atoms with Crippen molar-refractivity contribution in [3.63, 3.8) is 0 Å². The van der Waals surface area contributed by atoms with Crippen molar-refractivity contribution in [3.8, 4) is 0 Å². The molecule has 23 heavy (non-hydrogen) atoms. The van der Waals surface area contributed by atoms with E-state index in [1.807, 2.05) is 55.6 Å². The first-order chi connectivity index (χ1) is 11.2. The minimum absolute atomic E-state index is 0.190. The first kappa shape index (κ1) is 15.7. The number of rotatable bonds is 6. The van der Waals surface area contributed by atoms with E-state index in [0.717, 1.165) is 28.9 Å². The molecule has 0 saturated carbocycles. The van der Waals surface area contributed by atoms with Crippen LogP contribution >= 0.6 is 11.3 Å². The summed E-state index contributed by atoms with van der Waals surface area (Å²) in [6.45, 7) is 0.667. The minimum atomic E-state index is 0.190. The quantitative estimate of drug-likeness (QED) is 0.678. The fourth-order valence-electron chi connectivity index (χ4n) is 2.55. The van der Waals surface area contributed by atoms with Crippen LogP contribution in [0.4, 0.5) is 0 Å². The van der Waals surface area contributed by atoms with Crippen LogP contribution in [-0.2, 0) is 17.8 Å². The lowest BCUT2D eigenvalue weighted by Crippen LogP contribution is -2.25. The first-order valence-electron chi connectivity index (χ1n) is 7.85. The summed E-state index contributed by atoms with van der Waals surface area (Å²) in [6.07, 6.45) is 2.28. The van der Waals surface area contributed by atoms with Crippen LogP contribution in [-0.4, -0.2) is 22.8 Å². The highest BCUT2D eigenvalue weighted by molar-refractivity contribution is 7.18. The number of carbonyl (C=O) groups excluding carboxylic acids is 1. The van der Waals surface area contributed by atoms with Gasteiger partial charge in [-0.3, -0.25) is 4.79 Å². The van der Waals surface area contributed by atoms with E-state index in [1.54, 1.807) is 16.2 Å². The standard InChI is InChI=1S/C19H20N2OS/c1-21(14-15-8-3-2-4-9-15)19(22)13-7-12-18-20-16-10-5-6-11-17(16)23-18/h2-6,8-11H,7,12-14H2,1H3. The number of aryl methyl sites for hydroxylation is 1. The SMILES string of the molecule is CN(Cc1ccccc1)C(=O)CCCc1nc2ccccc2s1. The molecular weight excluding hydrogens is 304 g/mol. The van der Waals surface area contributed by atoms with Crippen LogP contribution in [0.15, 0.2) is 54.6 Å². The van der Waals surface area contributed by atoms with Crippen molar-refractivity contribution in [2.75, 3.05) is 7.05 Å². The van der Waals surface area contributed by atoms with E-state index in [-0.39, 0.29) is 5.91 Å². The summed E-state index contributed by atoms with van der Waals surface area (Å²) in [5, 5.41) is 1.12. The maximum atomic E-state index is 12.2. The van der Waals surface area contributed by atoms with Gasteiger partial charge in [0.05, 0.1) is 15.2 Å². The van der Waals surface area contributed by atoms with Crippen LogP contribution in [0.3, 0.4) is 0 Å². The molecule has 1 heterocycles. The van der Waals surface area contributed by atoms with Gasteiger partial charge in [-0.1, -0.05) is 42.5 Å². The fourth-order valence-corrected chi connectivity index (χ4v) is 3.56. The Bertz CT molecular complexity index is 749. The smallest absolute Gasteiger partial charge is 0.222 e. The van der Waals surface area contributed by atoms with Crippen LogP contribution < -0.4 is 0 Å². The molecule has 0 aliphatic heterocycles. The summed E-state index contributed by atoms with van der Waals surface area (Å²) in [6, 6.07) is 18.3. The number of hydrogen-bond acceptors (Lipinski definition) is 3. The third-order valence-electron chi connectivity index (χ3n) is 3.81. The van der Waals surface area contributed by atoms with E-state index in [2.05, 4.69) is 11.1 Å². The largest absolute Gasteiger partial charge is 0.341 e. The monoisotopic (exact) mass is 324 g/mol. The van der Waals surface area contributed by atoms with Crippen molar-refractivity contribution in [2.45, 2.75) is 25.8 Å². The van der Waals surface area contributed by atoms with E-state index in [9.17, 15) is 4.79 Å². The first-order valence-corrected chi connectivity index (χ1v) is 8.66. The van der Waals surface area contributed by atoms with Gasteiger partial charge in [-0.25, -0.2) is 4.98 Å². The number of benzene rings is 2. The lowest BCUT2D eigenvalue weighted by molar-refractivity contribution is -0.130. The third-order valence-corrected chi connectivity index (χ3v) is 4.90. The van der Waals surface area contributed by atoms with E-state index < -0.39 is 0 Å². The summed E-state index contributed by atoms with van der Waals surface area (Å²) < 4.78 is 1.22. The second-order valence-electron chi connectivity index (χ2n) is 5.66. The molecule has 0 N–H and O–H groups in total. The molecule has 0 fully saturated rings. The second-order valence-corrected chi connectivity index (χ2v) is 6.78. The molecule has 3 aromatic rings. The number of aromatic nitrogens is 1. The minimum Gasteiger partial charge on any atom is -0.341 e. The molecule has 0 radical (unpaired) electrons. The van der Waals surface area contributed by atoms with Gasteiger partial charge in [-0.15, -0.1) is 11.3 Å². The molecule has 118 valence electrons. The maximum Gasteiger partial charge on any atom is 0.222 e. The Labute approximate surface area is 140 Å². The van der Waals surface area contributed by atoms with E-state index >= 15 is 0 Å². The average molecular weight is 324 g/mol. The molecule has 0 atom stereocenters. The van der Waals surface area contributed by atoms with Crippen molar-refractivity contribution in [3.05, 3.63) is 65.2 Å². The number of thiazole rings is 1. The predicted molar refractivity (Wildman–Crippen MR) is 95.5 cm³/mol. The van der Waals surface area contributed by atoms with Gasteiger partial charge in [0.1, 0.15) is 0 Å². The number of fused-ring (bicyclic) bond motifs is 1. The summed E-state index contributed by atoms with van der Waals surface area (Å²) >= 11 is 1.72. The Morgan fingerprint density at radius 2 is 1.83 bits per heavy atom. The normalized spacial score (nSPS) is 10.8. The summed E-state index contributed by atoms with van der Waals surface area (Å²) in [4.78, 5) is 18.6. The number of hydrogen-bond donors (Lipinski definition) is 0. The Balaban J connectivity index is 1.48. The fraction of sp³-hybridized carbons (Fsp3) is 0.263. The lowest BCUT2D eigenvalue weighted by atomic mass is 10.2. The summed E-state index contributed by atoms with van der Waals surface area (Å²) in [5.41, 5.74) is 2.22. The molecule has 2 aromatic carbocycles. The van der Waals surface area contributed by atoms with Crippen LogP contribution in [0.2, 0.25) is 0 Å². The lowest BCUT2D eigenvalue weighted by Gasteiger charge is -2.17. The van der Waals surface area contributed by atoms with Crippen LogP contribution in [0.25, 0.3) is 10.2 Å². The zero-order chi connectivity index (χ0) is 16.1. The van der Waals surface area contributed by atoms with Gasteiger partial charge in [0.25, 0.3) is 0 Å². The van der Waals surface area contributed by atoms with E-state index in [4.69, 9.17) is 0 Å². The van der Waals surface area contributed by atoms with Crippen LogP contribution in [0.5, 0.6) is 0 Å². The van der Waals surface area contributed by atoms with Crippen molar-refractivity contribution >= 4 is 27.5 Å². The Morgan fingerprint density at radius 1 is 1.09 bits per heavy atom. The predicted octanol–water partition coefficient (Wildman–Crippen LogP) is 4.28. The number of para-hydroxylation sites is 1. The van der Waals surface area contributed by atoms with Gasteiger partial charge in [0, 0.05) is 20.0 Å². The molecule has 4 heteroatoms. The van der Waals surface area contributed by atoms with E-state index in [0.29, 0.717) is 13.0 Å². The molecule has 1 amide bonds. The van der Waals surface area contributed by atoms with Crippen molar-refractivity contribution in [2.24, 2.45) is 0 Å². The van der Waals surface area contributed by atoms with Gasteiger partial charge in [0.2, 0.25) is 5.91 Å². The Morgan fingerprint density at radius 3 is 2.61 bits per heavy atom. The topological polar surface area (TPSA) is 33.2 Å².